The van der Waals surface area contributed by atoms with Gasteiger partial charge in [-0.3, -0.25) is 0 Å². The maximum atomic E-state index is 6.05. The van der Waals surface area contributed by atoms with Crippen LogP contribution in [0.1, 0.15) is 35.5 Å². The Hall–Kier alpha value is -1.61. The normalized spacial score (nSPS) is 14.2. The molecule has 0 spiro atoms. The molecule has 0 saturated carbocycles. The average molecular weight is 274 g/mol. The van der Waals surface area contributed by atoms with E-state index in [9.17, 15) is 0 Å². The second kappa shape index (κ2) is 5.17. The summed E-state index contributed by atoms with van der Waals surface area (Å²) in [6.45, 7) is 0. The van der Waals surface area contributed by atoms with Gasteiger partial charge in [0.1, 0.15) is 11.6 Å². The summed E-state index contributed by atoms with van der Waals surface area (Å²) in [5.41, 5.74) is 9.50. The Kier molecular flexibility index (Phi) is 3.38. The van der Waals surface area contributed by atoms with E-state index in [0.717, 1.165) is 40.5 Å². The summed E-state index contributed by atoms with van der Waals surface area (Å²) in [5.74, 6) is 1.47. The number of nitrogen functional groups attached to an aromatic ring is 1. The lowest BCUT2D eigenvalue weighted by Gasteiger charge is -2.17. The van der Waals surface area contributed by atoms with Gasteiger partial charge in [0.15, 0.2) is 0 Å². The lowest BCUT2D eigenvalue weighted by atomic mass is 9.96. The first-order valence-corrected chi connectivity index (χ1v) is 6.99. The Balaban J connectivity index is 1.89. The molecule has 0 radical (unpaired) electrons. The van der Waals surface area contributed by atoms with E-state index in [1.807, 2.05) is 24.3 Å². The first-order chi connectivity index (χ1) is 9.22. The van der Waals surface area contributed by atoms with E-state index in [1.54, 1.807) is 0 Å². The van der Waals surface area contributed by atoms with Crippen LogP contribution in [-0.2, 0) is 19.3 Å². The van der Waals surface area contributed by atoms with Gasteiger partial charge in [0.05, 0.1) is 0 Å². The minimum atomic E-state index is 0.661. The fourth-order valence-electron chi connectivity index (χ4n) is 2.54. The van der Waals surface area contributed by atoms with Crippen LogP contribution in [0.3, 0.4) is 0 Å². The summed E-state index contributed by atoms with van der Waals surface area (Å²) in [7, 11) is 0. The molecule has 2 N–H and O–H groups in total. The first-order valence-electron chi connectivity index (χ1n) is 6.61. The predicted octanol–water partition coefficient (Wildman–Crippen LogP) is 3.18. The van der Waals surface area contributed by atoms with Crippen LogP contribution in [-0.4, -0.2) is 9.97 Å². The molecule has 1 aromatic heterocycles. The predicted molar refractivity (Wildman–Crippen MR) is 77.3 cm³/mol. The van der Waals surface area contributed by atoms with Crippen molar-refractivity contribution in [2.45, 2.75) is 32.1 Å². The Morgan fingerprint density at radius 1 is 1.05 bits per heavy atom. The molecular formula is C15H16ClN3. The number of rotatable bonds is 2. The molecule has 3 nitrogen and oxygen atoms in total. The molecular weight excluding hydrogens is 258 g/mol. The standard InChI is InChI=1S/C15H16ClN3/c16-11-7-5-10(6-8-11)9-14-18-13-4-2-1-3-12(13)15(17)19-14/h5-8H,1-4,9H2,(H2,17,18,19). The number of benzene rings is 1. The zero-order valence-corrected chi connectivity index (χ0v) is 11.5. The van der Waals surface area contributed by atoms with E-state index in [1.165, 1.54) is 12.8 Å². The van der Waals surface area contributed by atoms with E-state index in [0.29, 0.717) is 12.2 Å². The zero-order chi connectivity index (χ0) is 13.2. The van der Waals surface area contributed by atoms with Gasteiger partial charge in [0.2, 0.25) is 0 Å². The third-order valence-electron chi connectivity index (χ3n) is 3.54. The molecule has 1 heterocycles. The van der Waals surface area contributed by atoms with Crippen LogP contribution in [0.15, 0.2) is 24.3 Å². The number of hydrogen-bond donors (Lipinski definition) is 1. The molecule has 0 bridgehead atoms. The quantitative estimate of drug-likeness (QED) is 0.914. The largest absolute Gasteiger partial charge is 0.383 e. The summed E-state index contributed by atoms with van der Waals surface area (Å²) >= 11 is 5.88. The monoisotopic (exact) mass is 273 g/mol. The van der Waals surface area contributed by atoms with Crippen LogP contribution < -0.4 is 5.73 Å². The van der Waals surface area contributed by atoms with Gasteiger partial charge in [-0.25, -0.2) is 9.97 Å². The summed E-state index contributed by atoms with van der Waals surface area (Å²) in [4.78, 5) is 9.11. The van der Waals surface area contributed by atoms with E-state index in [4.69, 9.17) is 17.3 Å². The van der Waals surface area contributed by atoms with E-state index in [-0.39, 0.29) is 0 Å². The molecule has 4 heteroatoms. The number of nitrogens with two attached hydrogens (primary N) is 1. The Bertz CT molecular complexity index is 593. The molecule has 0 atom stereocenters. The van der Waals surface area contributed by atoms with Crippen molar-refractivity contribution < 1.29 is 0 Å². The van der Waals surface area contributed by atoms with Crippen molar-refractivity contribution >= 4 is 17.4 Å². The van der Waals surface area contributed by atoms with Gasteiger partial charge in [-0.2, -0.15) is 0 Å². The lowest BCUT2D eigenvalue weighted by Crippen LogP contribution is -2.13. The van der Waals surface area contributed by atoms with Crippen molar-refractivity contribution in [2.24, 2.45) is 0 Å². The van der Waals surface area contributed by atoms with Crippen molar-refractivity contribution in [3.05, 3.63) is 51.9 Å². The van der Waals surface area contributed by atoms with Crippen LogP contribution in [0, 0.1) is 0 Å². The molecule has 0 unspecified atom stereocenters. The number of aryl methyl sites for hydroxylation is 1. The van der Waals surface area contributed by atoms with Crippen LogP contribution in [0.25, 0.3) is 0 Å². The summed E-state index contributed by atoms with van der Waals surface area (Å²) in [6.07, 6.45) is 5.13. The van der Waals surface area contributed by atoms with E-state index >= 15 is 0 Å². The van der Waals surface area contributed by atoms with Crippen LogP contribution in [0.2, 0.25) is 5.02 Å². The van der Waals surface area contributed by atoms with Crippen molar-refractivity contribution in [3.8, 4) is 0 Å². The second-order valence-corrected chi connectivity index (χ2v) is 5.40. The second-order valence-electron chi connectivity index (χ2n) is 4.96. The van der Waals surface area contributed by atoms with Crippen LogP contribution in [0.4, 0.5) is 5.82 Å². The highest BCUT2D eigenvalue weighted by Gasteiger charge is 2.16. The van der Waals surface area contributed by atoms with Gasteiger partial charge in [0.25, 0.3) is 0 Å². The van der Waals surface area contributed by atoms with Crippen molar-refractivity contribution in [1.29, 1.82) is 0 Å². The Morgan fingerprint density at radius 3 is 2.58 bits per heavy atom. The summed E-state index contributed by atoms with van der Waals surface area (Å²) in [6, 6.07) is 7.78. The topological polar surface area (TPSA) is 51.8 Å². The third-order valence-corrected chi connectivity index (χ3v) is 3.79. The molecule has 0 aliphatic heterocycles. The molecule has 1 aliphatic rings. The maximum absolute atomic E-state index is 6.05. The van der Waals surface area contributed by atoms with Crippen molar-refractivity contribution in [3.63, 3.8) is 0 Å². The SMILES string of the molecule is Nc1nc(Cc2ccc(Cl)cc2)nc2c1CCCC2. The molecule has 98 valence electrons. The number of hydrogen-bond acceptors (Lipinski definition) is 3. The minimum Gasteiger partial charge on any atom is -0.383 e. The molecule has 2 aromatic rings. The molecule has 0 saturated heterocycles. The van der Waals surface area contributed by atoms with E-state index < -0.39 is 0 Å². The van der Waals surface area contributed by atoms with Gasteiger partial charge < -0.3 is 5.73 Å². The third kappa shape index (κ3) is 2.71. The van der Waals surface area contributed by atoms with Crippen molar-refractivity contribution in [2.75, 3.05) is 5.73 Å². The molecule has 19 heavy (non-hydrogen) atoms. The number of anilines is 1. The van der Waals surface area contributed by atoms with Crippen molar-refractivity contribution in [1.82, 2.24) is 9.97 Å². The van der Waals surface area contributed by atoms with Crippen LogP contribution in [0.5, 0.6) is 0 Å². The van der Waals surface area contributed by atoms with Gasteiger partial charge in [-0.15, -0.1) is 0 Å². The molecule has 3 rings (SSSR count). The molecule has 0 amide bonds. The number of nitrogens with zero attached hydrogens (tertiary/aromatic N) is 2. The minimum absolute atomic E-state index is 0.661. The maximum Gasteiger partial charge on any atom is 0.135 e. The van der Waals surface area contributed by atoms with Gasteiger partial charge in [0, 0.05) is 22.7 Å². The summed E-state index contributed by atoms with van der Waals surface area (Å²) in [5, 5.41) is 0.745. The number of halogens is 1. The first kappa shape index (κ1) is 12.4. The number of fused-ring (bicyclic) bond motifs is 1. The average Bonchev–Trinajstić information content (AvgIpc) is 2.42. The highest BCUT2D eigenvalue weighted by molar-refractivity contribution is 6.30. The highest BCUT2D eigenvalue weighted by Crippen LogP contribution is 2.24. The number of aromatic nitrogens is 2. The molecule has 1 aliphatic carbocycles. The van der Waals surface area contributed by atoms with Gasteiger partial charge in [-0.1, -0.05) is 23.7 Å². The summed E-state index contributed by atoms with van der Waals surface area (Å²) < 4.78 is 0. The molecule has 1 aromatic carbocycles. The lowest BCUT2D eigenvalue weighted by molar-refractivity contribution is 0.658. The zero-order valence-electron chi connectivity index (χ0n) is 10.7. The van der Waals surface area contributed by atoms with Crippen LogP contribution >= 0.6 is 11.6 Å². The fraction of sp³-hybridized carbons (Fsp3) is 0.333. The Labute approximate surface area is 117 Å². The smallest absolute Gasteiger partial charge is 0.135 e. The van der Waals surface area contributed by atoms with E-state index in [2.05, 4.69) is 9.97 Å². The highest BCUT2D eigenvalue weighted by atomic mass is 35.5. The van der Waals surface area contributed by atoms with Gasteiger partial charge in [-0.05, 0) is 43.4 Å². The Morgan fingerprint density at radius 2 is 1.79 bits per heavy atom. The van der Waals surface area contributed by atoms with Gasteiger partial charge >= 0.3 is 0 Å². The fourth-order valence-corrected chi connectivity index (χ4v) is 2.67. The molecule has 0 fully saturated rings.